The van der Waals surface area contributed by atoms with Gasteiger partial charge in [0.2, 0.25) is 0 Å². The molecule has 1 nitrogen and oxygen atoms in total. The Morgan fingerprint density at radius 2 is 2.05 bits per heavy atom. The number of hydrogen-bond donors (Lipinski definition) is 1. The lowest BCUT2D eigenvalue weighted by Crippen LogP contribution is -2.18. The van der Waals surface area contributed by atoms with Crippen LogP contribution in [-0.2, 0) is 6.42 Å². The van der Waals surface area contributed by atoms with Crippen LogP contribution in [0, 0.1) is 5.82 Å². The van der Waals surface area contributed by atoms with Crippen LogP contribution in [-0.4, -0.2) is 6.04 Å². The summed E-state index contributed by atoms with van der Waals surface area (Å²) in [7, 11) is 0. The molecule has 0 bridgehead atoms. The van der Waals surface area contributed by atoms with E-state index in [2.05, 4.69) is 21.2 Å². The maximum Gasteiger partial charge on any atom is 0.123 e. The Balaban J connectivity index is 2.05. The molecule has 0 fully saturated rings. The third-order valence-electron chi connectivity index (χ3n) is 2.76. The van der Waals surface area contributed by atoms with Gasteiger partial charge in [0.25, 0.3) is 0 Å². The molecule has 0 aliphatic rings. The fourth-order valence-corrected chi connectivity index (χ4v) is 2.48. The van der Waals surface area contributed by atoms with Gasteiger partial charge >= 0.3 is 0 Å². The van der Waals surface area contributed by atoms with Crippen LogP contribution in [0.5, 0.6) is 0 Å². The fraction of sp³-hybridized carbons (Fsp3) is 0.200. The first-order chi connectivity index (χ1) is 9.04. The molecule has 0 saturated heterocycles. The van der Waals surface area contributed by atoms with E-state index in [4.69, 9.17) is 11.6 Å². The van der Waals surface area contributed by atoms with Gasteiger partial charge < -0.3 is 5.32 Å². The molecular weight excluding hydrogens is 329 g/mol. The highest BCUT2D eigenvalue weighted by Gasteiger charge is 2.07. The van der Waals surface area contributed by atoms with Gasteiger partial charge in [-0.25, -0.2) is 4.39 Å². The molecule has 2 rings (SSSR count). The average molecular weight is 343 g/mol. The SMILES string of the molecule is CC(Cc1cccc(F)c1)Nc1cc(Br)ccc1Cl. The molecule has 0 saturated carbocycles. The van der Waals surface area contributed by atoms with Gasteiger partial charge in [-0.05, 0) is 49.2 Å². The summed E-state index contributed by atoms with van der Waals surface area (Å²) in [5, 5.41) is 4.01. The molecule has 0 amide bonds. The maximum absolute atomic E-state index is 13.1. The van der Waals surface area contributed by atoms with E-state index in [-0.39, 0.29) is 11.9 Å². The highest BCUT2D eigenvalue weighted by atomic mass is 79.9. The summed E-state index contributed by atoms with van der Waals surface area (Å²) in [6, 6.07) is 12.5. The largest absolute Gasteiger partial charge is 0.381 e. The second-order valence-electron chi connectivity index (χ2n) is 4.50. The highest BCUT2D eigenvalue weighted by molar-refractivity contribution is 9.10. The summed E-state index contributed by atoms with van der Waals surface area (Å²) in [6.45, 7) is 2.04. The minimum atomic E-state index is -0.204. The predicted molar refractivity (Wildman–Crippen MR) is 82.3 cm³/mol. The quantitative estimate of drug-likeness (QED) is 0.796. The normalized spacial score (nSPS) is 12.2. The smallest absolute Gasteiger partial charge is 0.123 e. The standard InChI is InChI=1S/C15H14BrClFN/c1-10(7-11-3-2-4-13(18)8-11)19-15-9-12(16)5-6-14(15)17/h2-6,8-10,19H,7H2,1H3. The Labute approximate surface area is 125 Å². The zero-order chi connectivity index (χ0) is 13.8. The number of hydrogen-bond acceptors (Lipinski definition) is 1. The molecule has 2 aromatic rings. The van der Waals surface area contributed by atoms with Crippen molar-refractivity contribution in [3.63, 3.8) is 0 Å². The van der Waals surface area contributed by atoms with E-state index in [1.807, 2.05) is 31.2 Å². The number of rotatable bonds is 4. The second kappa shape index (κ2) is 6.40. The van der Waals surface area contributed by atoms with Gasteiger partial charge in [0.15, 0.2) is 0 Å². The second-order valence-corrected chi connectivity index (χ2v) is 5.83. The van der Waals surface area contributed by atoms with Crippen LogP contribution in [0.4, 0.5) is 10.1 Å². The van der Waals surface area contributed by atoms with Crippen molar-refractivity contribution < 1.29 is 4.39 Å². The van der Waals surface area contributed by atoms with E-state index in [1.165, 1.54) is 6.07 Å². The van der Waals surface area contributed by atoms with Crippen molar-refractivity contribution in [2.24, 2.45) is 0 Å². The number of benzene rings is 2. The Morgan fingerprint density at radius 1 is 1.26 bits per heavy atom. The van der Waals surface area contributed by atoms with Crippen LogP contribution in [0.1, 0.15) is 12.5 Å². The summed E-state index contributed by atoms with van der Waals surface area (Å²) in [4.78, 5) is 0. The van der Waals surface area contributed by atoms with Crippen LogP contribution in [0.25, 0.3) is 0 Å². The van der Waals surface area contributed by atoms with Crippen molar-refractivity contribution >= 4 is 33.2 Å². The maximum atomic E-state index is 13.1. The first-order valence-corrected chi connectivity index (χ1v) is 7.18. The minimum Gasteiger partial charge on any atom is -0.381 e. The molecule has 0 spiro atoms. The third kappa shape index (κ3) is 4.22. The Bertz CT molecular complexity index is 574. The van der Waals surface area contributed by atoms with Crippen LogP contribution in [0.15, 0.2) is 46.9 Å². The van der Waals surface area contributed by atoms with Gasteiger partial charge in [-0.15, -0.1) is 0 Å². The Morgan fingerprint density at radius 3 is 2.79 bits per heavy atom. The van der Waals surface area contributed by atoms with E-state index in [0.717, 1.165) is 22.1 Å². The van der Waals surface area contributed by atoms with Gasteiger partial charge in [-0.2, -0.15) is 0 Å². The molecule has 2 aromatic carbocycles. The number of halogens is 3. The molecule has 0 aliphatic carbocycles. The molecule has 100 valence electrons. The van der Waals surface area contributed by atoms with Crippen molar-refractivity contribution in [1.29, 1.82) is 0 Å². The van der Waals surface area contributed by atoms with E-state index in [0.29, 0.717) is 5.02 Å². The van der Waals surface area contributed by atoms with Crippen molar-refractivity contribution in [2.45, 2.75) is 19.4 Å². The molecular formula is C15H14BrClFN. The first kappa shape index (κ1) is 14.4. The number of anilines is 1. The van der Waals surface area contributed by atoms with E-state index in [1.54, 1.807) is 12.1 Å². The summed E-state index contributed by atoms with van der Waals surface area (Å²) >= 11 is 9.54. The van der Waals surface area contributed by atoms with Gasteiger partial charge in [0.05, 0.1) is 10.7 Å². The third-order valence-corrected chi connectivity index (χ3v) is 3.58. The zero-order valence-electron chi connectivity index (χ0n) is 10.5. The van der Waals surface area contributed by atoms with E-state index in [9.17, 15) is 4.39 Å². The zero-order valence-corrected chi connectivity index (χ0v) is 12.8. The van der Waals surface area contributed by atoms with E-state index >= 15 is 0 Å². The van der Waals surface area contributed by atoms with Gasteiger partial charge in [-0.1, -0.05) is 39.7 Å². The van der Waals surface area contributed by atoms with Crippen LogP contribution in [0.2, 0.25) is 5.02 Å². The molecule has 1 N–H and O–H groups in total. The Kier molecular flexibility index (Phi) is 4.83. The molecule has 1 atom stereocenters. The van der Waals surface area contributed by atoms with Crippen LogP contribution >= 0.6 is 27.5 Å². The van der Waals surface area contributed by atoms with Gasteiger partial charge in [-0.3, -0.25) is 0 Å². The topological polar surface area (TPSA) is 12.0 Å². The number of nitrogens with one attached hydrogen (secondary N) is 1. The molecule has 0 radical (unpaired) electrons. The highest BCUT2D eigenvalue weighted by Crippen LogP contribution is 2.26. The molecule has 0 heterocycles. The minimum absolute atomic E-state index is 0.161. The lowest BCUT2D eigenvalue weighted by molar-refractivity contribution is 0.624. The van der Waals surface area contributed by atoms with Crippen molar-refractivity contribution in [3.05, 3.63) is 63.3 Å². The molecule has 0 aromatic heterocycles. The first-order valence-electron chi connectivity index (χ1n) is 6.00. The van der Waals surface area contributed by atoms with Gasteiger partial charge in [0.1, 0.15) is 5.82 Å². The predicted octanol–water partition coefficient (Wildman–Crippen LogP) is 5.28. The molecule has 19 heavy (non-hydrogen) atoms. The molecule has 4 heteroatoms. The summed E-state index contributed by atoms with van der Waals surface area (Å²) in [5.41, 5.74) is 1.84. The van der Waals surface area contributed by atoms with E-state index < -0.39 is 0 Å². The van der Waals surface area contributed by atoms with Crippen LogP contribution < -0.4 is 5.32 Å². The summed E-state index contributed by atoms with van der Waals surface area (Å²) in [6.07, 6.45) is 0.737. The lowest BCUT2D eigenvalue weighted by atomic mass is 10.1. The average Bonchev–Trinajstić information content (AvgIpc) is 2.34. The fourth-order valence-electron chi connectivity index (χ4n) is 1.94. The van der Waals surface area contributed by atoms with Gasteiger partial charge in [0, 0.05) is 10.5 Å². The summed E-state index contributed by atoms with van der Waals surface area (Å²) < 4.78 is 14.1. The molecule has 1 unspecified atom stereocenters. The van der Waals surface area contributed by atoms with Crippen molar-refractivity contribution in [1.82, 2.24) is 0 Å². The monoisotopic (exact) mass is 341 g/mol. The summed E-state index contributed by atoms with van der Waals surface area (Å²) in [5.74, 6) is -0.204. The van der Waals surface area contributed by atoms with Crippen LogP contribution in [0.3, 0.4) is 0 Å². The lowest BCUT2D eigenvalue weighted by Gasteiger charge is -2.16. The van der Waals surface area contributed by atoms with Crippen molar-refractivity contribution in [2.75, 3.05) is 5.32 Å². The van der Waals surface area contributed by atoms with Crippen molar-refractivity contribution in [3.8, 4) is 0 Å². The molecule has 0 aliphatic heterocycles. The Hall–Kier alpha value is -1.06.